The number of likely N-dealkylation sites (tertiary alicyclic amines) is 1. The van der Waals surface area contributed by atoms with Gasteiger partial charge in [-0.25, -0.2) is 0 Å². The summed E-state index contributed by atoms with van der Waals surface area (Å²) in [5.74, 6) is 2.31. The van der Waals surface area contributed by atoms with Crippen LogP contribution < -0.4 is 10.6 Å². The minimum Gasteiger partial charge on any atom is -0.355 e. The fraction of sp³-hybridized carbons (Fsp3) is 0.913. The van der Waals surface area contributed by atoms with Crippen LogP contribution >= 0.6 is 0 Å². The van der Waals surface area contributed by atoms with E-state index in [1.807, 2.05) is 7.05 Å². The van der Waals surface area contributed by atoms with Crippen molar-refractivity contribution >= 4 is 11.9 Å². The average molecular weight is 406 g/mol. The molecule has 1 saturated heterocycles. The highest BCUT2D eigenvalue weighted by Gasteiger charge is 2.37. The van der Waals surface area contributed by atoms with E-state index in [0.717, 1.165) is 50.8 Å². The summed E-state index contributed by atoms with van der Waals surface area (Å²) in [4.78, 5) is 21.8. The lowest BCUT2D eigenvalue weighted by Gasteiger charge is -2.45. The van der Waals surface area contributed by atoms with Crippen LogP contribution in [0.15, 0.2) is 4.99 Å². The van der Waals surface area contributed by atoms with Crippen LogP contribution in [-0.2, 0) is 4.79 Å². The average Bonchev–Trinajstić information content (AvgIpc) is 3.19. The van der Waals surface area contributed by atoms with E-state index in [1.165, 1.54) is 44.9 Å². The summed E-state index contributed by atoms with van der Waals surface area (Å²) in [6, 6.07) is 0.300. The molecule has 0 aromatic rings. The van der Waals surface area contributed by atoms with Gasteiger partial charge in [0.15, 0.2) is 5.96 Å². The normalized spacial score (nSPS) is 31.9. The van der Waals surface area contributed by atoms with E-state index in [0.29, 0.717) is 11.9 Å². The first-order valence-corrected chi connectivity index (χ1v) is 11.9. The fourth-order valence-corrected chi connectivity index (χ4v) is 5.68. The predicted octanol–water partition coefficient (Wildman–Crippen LogP) is 2.84. The van der Waals surface area contributed by atoms with E-state index in [2.05, 4.69) is 46.4 Å². The molecule has 0 aromatic heterocycles. The number of likely N-dealkylation sites (N-methyl/N-ethyl adjacent to an activating group) is 1. The molecule has 2 aliphatic carbocycles. The first-order valence-electron chi connectivity index (χ1n) is 11.9. The third-order valence-corrected chi connectivity index (χ3v) is 7.62. The van der Waals surface area contributed by atoms with Crippen LogP contribution in [0.25, 0.3) is 0 Å². The van der Waals surface area contributed by atoms with Crippen molar-refractivity contribution in [3.8, 4) is 0 Å². The number of hydrogen-bond donors (Lipinski definition) is 2. The number of hydrogen-bond acceptors (Lipinski definition) is 3. The number of carbonyl (C=O) groups is 1. The number of nitrogens with zero attached hydrogens (tertiary/aromatic N) is 3. The Bertz CT molecular complexity index is 572. The van der Waals surface area contributed by atoms with Crippen molar-refractivity contribution in [2.75, 3.05) is 40.8 Å². The van der Waals surface area contributed by atoms with Crippen LogP contribution in [0.3, 0.4) is 0 Å². The predicted molar refractivity (Wildman–Crippen MR) is 120 cm³/mol. The van der Waals surface area contributed by atoms with Gasteiger partial charge in [-0.3, -0.25) is 9.79 Å². The van der Waals surface area contributed by atoms with Crippen LogP contribution in [0.5, 0.6) is 0 Å². The first-order chi connectivity index (χ1) is 13.9. The maximum absolute atomic E-state index is 12.8. The molecule has 2 N–H and O–H groups in total. The molecule has 3 aliphatic rings. The quantitative estimate of drug-likeness (QED) is 0.545. The van der Waals surface area contributed by atoms with Crippen molar-refractivity contribution in [1.29, 1.82) is 0 Å². The maximum Gasteiger partial charge on any atom is 0.225 e. The van der Waals surface area contributed by atoms with Crippen LogP contribution in [0.1, 0.15) is 71.1 Å². The number of carbonyl (C=O) groups excluding carboxylic acids is 1. The van der Waals surface area contributed by atoms with Crippen molar-refractivity contribution in [3.05, 3.63) is 0 Å². The molecule has 2 saturated carbocycles. The van der Waals surface area contributed by atoms with E-state index >= 15 is 0 Å². The highest BCUT2D eigenvalue weighted by atomic mass is 16.2. The summed E-state index contributed by atoms with van der Waals surface area (Å²) in [5, 5.41) is 7.20. The topological polar surface area (TPSA) is 60.0 Å². The number of aliphatic imine (C=N–C) groups is 1. The summed E-state index contributed by atoms with van der Waals surface area (Å²) >= 11 is 0. The second-order valence-electron chi connectivity index (χ2n) is 10.00. The summed E-state index contributed by atoms with van der Waals surface area (Å²) in [7, 11) is 6.27. The molecule has 0 radical (unpaired) electrons. The summed E-state index contributed by atoms with van der Waals surface area (Å²) < 4.78 is 0. The molecule has 0 bridgehead atoms. The van der Waals surface area contributed by atoms with Crippen molar-refractivity contribution in [1.82, 2.24) is 20.4 Å². The van der Waals surface area contributed by atoms with Gasteiger partial charge < -0.3 is 20.4 Å². The molecule has 1 heterocycles. The number of nitrogens with one attached hydrogen (secondary N) is 2. The minimum atomic E-state index is 0.202. The summed E-state index contributed by atoms with van der Waals surface area (Å²) in [6.45, 7) is 4.98. The third-order valence-electron chi connectivity index (χ3n) is 7.62. The van der Waals surface area contributed by atoms with Crippen LogP contribution in [0, 0.1) is 11.8 Å². The van der Waals surface area contributed by atoms with Crippen LogP contribution in [-0.4, -0.2) is 74.0 Å². The lowest BCUT2D eigenvalue weighted by molar-refractivity contribution is -0.135. The van der Waals surface area contributed by atoms with Gasteiger partial charge >= 0.3 is 0 Å². The Morgan fingerprint density at radius 2 is 1.90 bits per heavy atom. The van der Waals surface area contributed by atoms with Gasteiger partial charge in [-0.15, -0.1) is 0 Å². The molecule has 6 heteroatoms. The van der Waals surface area contributed by atoms with Crippen molar-refractivity contribution in [2.45, 2.75) is 82.7 Å². The molecule has 3 atom stereocenters. The highest BCUT2D eigenvalue weighted by molar-refractivity contribution is 5.81. The van der Waals surface area contributed by atoms with Gasteiger partial charge in [0, 0.05) is 44.2 Å². The standard InChI is InChI=1S/C23H43N5O/c1-18-9-8-13-23(15-18,27(3)4)17-25-22(24-2)26-20-12-14-28(16-20)21(29)19-10-6-5-7-11-19/h18-20H,5-17H2,1-4H3,(H2,24,25,26). The van der Waals surface area contributed by atoms with E-state index in [4.69, 9.17) is 0 Å². The van der Waals surface area contributed by atoms with Crippen molar-refractivity contribution in [2.24, 2.45) is 16.8 Å². The SMILES string of the molecule is CN=C(NCC1(N(C)C)CCCC(C)C1)NC1CCN(C(=O)C2CCCCC2)C1. The van der Waals surface area contributed by atoms with E-state index < -0.39 is 0 Å². The summed E-state index contributed by atoms with van der Waals surface area (Å²) in [6.07, 6.45) is 12.0. The Labute approximate surface area is 177 Å². The van der Waals surface area contributed by atoms with Crippen molar-refractivity contribution < 1.29 is 4.79 Å². The monoisotopic (exact) mass is 405 g/mol. The van der Waals surface area contributed by atoms with Crippen LogP contribution in [0.2, 0.25) is 0 Å². The van der Waals surface area contributed by atoms with Gasteiger partial charge in [0.25, 0.3) is 0 Å². The molecule has 1 amide bonds. The number of amides is 1. The smallest absolute Gasteiger partial charge is 0.225 e. The molecule has 1 aliphatic heterocycles. The van der Waals surface area contributed by atoms with Gasteiger partial charge in [-0.2, -0.15) is 0 Å². The number of guanidine groups is 1. The Kier molecular flexibility index (Phi) is 7.83. The first kappa shape index (κ1) is 22.4. The van der Waals surface area contributed by atoms with Gasteiger partial charge in [0.05, 0.1) is 0 Å². The minimum absolute atomic E-state index is 0.202. The molecular weight excluding hydrogens is 362 g/mol. The van der Waals surface area contributed by atoms with E-state index in [1.54, 1.807) is 0 Å². The highest BCUT2D eigenvalue weighted by Crippen LogP contribution is 2.35. The fourth-order valence-electron chi connectivity index (χ4n) is 5.68. The molecule has 0 aromatic carbocycles. The lowest BCUT2D eigenvalue weighted by atomic mass is 9.75. The van der Waals surface area contributed by atoms with Gasteiger partial charge in [0.2, 0.25) is 5.91 Å². The second kappa shape index (κ2) is 10.1. The van der Waals surface area contributed by atoms with Gasteiger partial charge in [0.1, 0.15) is 0 Å². The molecule has 0 spiro atoms. The van der Waals surface area contributed by atoms with Gasteiger partial charge in [-0.05, 0) is 52.1 Å². The molecule has 166 valence electrons. The second-order valence-corrected chi connectivity index (χ2v) is 10.00. The Hall–Kier alpha value is -1.30. The third kappa shape index (κ3) is 5.65. The van der Waals surface area contributed by atoms with Crippen molar-refractivity contribution in [3.63, 3.8) is 0 Å². The molecule has 3 fully saturated rings. The molecule has 3 rings (SSSR count). The van der Waals surface area contributed by atoms with E-state index in [9.17, 15) is 4.79 Å². The zero-order chi connectivity index (χ0) is 20.9. The zero-order valence-electron chi connectivity index (χ0n) is 19.2. The largest absolute Gasteiger partial charge is 0.355 e. The molecule has 29 heavy (non-hydrogen) atoms. The Morgan fingerprint density at radius 1 is 1.14 bits per heavy atom. The lowest BCUT2D eigenvalue weighted by Crippen LogP contribution is -2.57. The van der Waals surface area contributed by atoms with Crippen LogP contribution in [0.4, 0.5) is 0 Å². The number of rotatable bonds is 5. The Balaban J connectivity index is 1.49. The molecule has 6 nitrogen and oxygen atoms in total. The maximum atomic E-state index is 12.8. The molecule has 3 unspecified atom stereocenters. The summed E-state index contributed by atoms with van der Waals surface area (Å²) in [5.41, 5.74) is 0.202. The Morgan fingerprint density at radius 3 is 2.55 bits per heavy atom. The van der Waals surface area contributed by atoms with E-state index in [-0.39, 0.29) is 11.5 Å². The zero-order valence-corrected chi connectivity index (χ0v) is 19.2. The molecular formula is C23H43N5O. The van der Waals surface area contributed by atoms with Gasteiger partial charge in [-0.1, -0.05) is 39.0 Å².